The van der Waals surface area contributed by atoms with Gasteiger partial charge in [0, 0.05) is 30.9 Å². The summed E-state index contributed by atoms with van der Waals surface area (Å²) in [5, 5.41) is 0. The Kier molecular flexibility index (Phi) is 3.32. The van der Waals surface area contributed by atoms with E-state index in [2.05, 4.69) is 0 Å². The summed E-state index contributed by atoms with van der Waals surface area (Å²) in [7, 11) is 0. The quantitative estimate of drug-likeness (QED) is 0.728. The minimum atomic E-state index is 0.159. The highest BCUT2D eigenvalue weighted by molar-refractivity contribution is 5.95. The van der Waals surface area contributed by atoms with Crippen LogP contribution < -0.4 is 10.6 Å². The molecule has 0 saturated carbocycles. The van der Waals surface area contributed by atoms with E-state index in [0.29, 0.717) is 0 Å². The summed E-state index contributed by atoms with van der Waals surface area (Å²) in [6.45, 7) is 2.55. The number of carbonyl (C=O) groups excluding carboxylic acids is 1. The molecular formula is C15H21N3O. The first-order valence-electron chi connectivity index (χ1n) is 7.21. The lowest BCUT2D eigenvalue weighted by Gasteiger charge is -2.27. The number of amides is 2. The van der Waals surface area contributed by atoms with Crippen LogP contribution >= 0.6 is 0 Å². The fraction of sp³-hybridized carbons (Fsp3) is 0.533. The van der Waals surface area contributed by atoms with Crippen LogP contribution in [0.1, 0.15) is 31.2 Å². The Bertz CT molecular complexity index is 478. The van der Waals surface area contributed by atoms with Crippen LogP contribution in [0.5, 0.6) is 0 Å². The number of hydrogen-bond donors (Lipinski definition) is 1. The molecule has 19 heavy (non-hydrogen) atoms. The fourth-order valence-corrected chi connectivity index (χ4v) is 3.09. The molecule has 2 aliphatic rings. The molecule has 2 heterocycles. The molecule has 2 aliphatic heterocycles. The summed E-state index contributed by atoms with van der Waals surface area (Å²) in [5.41, 5.74) is 8.93. The molecule has 4 nitrogen and oxygen atoms in total. The van der Waals surface area contributed by atoms with Crippen molar-refractivity contribution >= 4 is 17.4 Å². The van der Waals surface area contributed by atoms with Gasteiger partial charge in [-0.1, -0.05) is 18.9 Å². The lowest BCUT2D eigenvalue weighted by molar-refractivity contribution is 0.207. The molecule has 1 fully saturated rings. The Hall–Kier alpha value is -1.71. The van der Waals surface area contributed by atoms with Gasteiger partial charge in [0.2, 0.25) is 0 Å². The standard InChI is InChI=1S/C15H21N3O/c16-13-6-5-7-14-12(13)8-11-18(14)15(19)17-9-3-1-2-4-10-17/h5-7H,1-4,8-11,16H2. The number of benzene rings is 1. The third-order valence-electron chi connectivity index (χ3n) is 4.17. The first-order chi connectivity index (χ1) is 9.27. The molecule has 0 bridgehead atoms. The van der Waals surface area contributed by atoms with E-state index >= 15 is 0 Å². The molecule has 1 saturated heterocycles. The van der Waals surface area contributed by atoms with Crippen molar-refractivity contribution in [2.75, 3.05) is 30.3 Å². The van der Waals surface area contributed by atoms with Gasteiger partial charge in [0.1, 0.15) is 0 Å². The Balaban J connectivity index is 1.81. The molecule has 2 amide bonds. The predicted octanol–water partition coefficient (Wildman–Crippen LogP) is 2.63. The summed E-state index contributed by atoms with van der Waals surface area (Å²) in [6.07, 6.45) is 5.62. The monoisotopic (exact) mass is 259 g/mol. The number of nitrogens with two attached hydrogens (primary N) is 1. The number of rotatable bonds is 0. The summed E-state index contributed by atoms with van der Waals surface area (Å²) < 4.78 is 0. The number of nitrogen functional groups attached to an aromatic ring is 1. The van der Waals surface area contributed by atoms with Gasteiger partial charge in [-0.05, 0) is 31.4 Å². The number of hydrogen-bond acceptors (Lipinski definition) is 2. The van der Waals surface area contributed by atoms with Crippen molar-refractivity contribution in [3.63, 3.8) is 0 Å². The third-order valence-corrected chi connectivity index (χ3v) is 4.17. The van der Waals surface area contributed by atoms with Crippen LogP contribution in [0.2, 0.25) is 0 Å². The molecule has 0 spiro atoms. The maximum Gasteiger partial charge on any atom is 0.324 e. The molecule has 0 atom stereocenters. The maximum absolute atomic E-state index is 12.6. The highest BCUT2D eigenvalue weighted by atomic mass is 16.2. The zero-order valence-corrected chi connectivity index (χ0v) is 11.3. The smallest absolute Gasteiger partial charge is 0.324 e. The number of fused-ring (bicyclic) bond motifs is 1. The topological polar surface area (TPSA) is 49.6 Å². The first-order valence-corrected chi connectivity index (χ1v) is 7.21. The molecule has 0 radical (unpaired) electrons. The van der Waals surface area contributed by atoms with Crippen LogP contribution in [0.15, 0.2) is 18.2 Å². The van der Waals surface area contributed by atoms with Crippen LogP contribution in [-0.4, -0.2) is 30.6 Å². The molecule has 4 heteroatoms. The largest absolute Gasteiger partial charge is 0.398 e. The average Bonchev–Trinajstić information content (AvgIpc) is 2.67. The molecule has 0 unspecified atom stereocenters. The van der Waals surface area contributed by atoms with Crippen molar-refractivity contribution in [1.82, 2.24) is 4.90 Å². The number of likely N-dealkylation sites (tertiary alicyclic amines) is 1. The van der Waals surface area contributed by atoms with Crippen LogP contribution in [0.4, 0.5) is 16.2 Å². The van der Waals surface area contributed by atoms with Crippen molar-refractivity contribution in [3.05, 3.63) is 23.8 Å². The second kappa shape index (κ2) is 5.11. The van der Waals surface area contributed by atoms with Crippen LogP contribution in [0.3, 0.4) is 0 Å². The Morgan fingerprint density at radius 1 is 1.05 bits per heavy atom. The second-order valence-corrected chi connectivity index (χ2v) is 5.43. The highest BCUT2D eigenvalue weighted by Crippen LogP contribution is 2.33. The van der Waals surface area contributed by atoms with E-state index in [1.807, 2.05) is 28.0 Å². The number of urea groups is 1. The zero-order valence-electron chi connectivity index (χ0n) is 11.3. The zero-order chi connectivity index (χ0) is 13.2. The van der Waals surface area contributed by atoms with Crippen molar-refractivity contribution < 1.29 is 4.79 Å². The molecule has 0 aromatic heterocycles. The van der Waals surface area contributed by atoms with E-state index in [4.69, 9.17) is 5.73 Å². The minimum absolute atomic E-state index is 0.159. The molecule has 1 aromatic carbocycles. The van der Waals surface area contributed by atoms with Crippen molar-refractivity contribution in [2.24, 2.45) is 0 Å². The number of nitrogens with zero attached hydrogens (tertiary/aromatic N) is 2. The number of carbonyl (C=O) groups is 1. The lowest BCUT2D eigenvalue weighted by atomic mass is 10.1. The molecule has 0 aliphatic carbocycles. The maximum atomic E-state index is 12.6. The number of anilines is 2. The van der Waals surface area contributed by atoms with Gasteiger partial charge in [0.25, 0.3) is 0 Å². The fourth-order valence-electron chi connectivity index (χ4n) is 3.09. The Labute approximate surface area is 114 Å². The van der Waals surface area contributed by atoms with Crippen LogP contribution in [-0.2, 0) is 6.42 Å². The highest BCUT2D eigenvalue weighted by Gasteiger charge is 2.29. The molecule has 2 N–H and O–H groups in total. The summed E-state index contributed by atoms with van der Waals surface area (Å²) in [6, 6.07) is 6.02. The van der Waals surface area contributed by atoms with Gasteiger partial charge in [-0.2, -0.15) is 0 Å². The van der Waals surface area contributed by atoms with Gasteiger partial charge in [0.15, 0.2) is 0 Å². The lowest BCUT2D eigenvalue weighted by Crippen LogP contribution is -2.43. The molecule has 1 aromatic rings. The van der Waals surface area contributed by atoms with Gasteiger partial charge in [0.05, 0.1) is 5.69 Å². The third kappa shape index (κ3) is 2.27. The SMILES string of the molecule is Nc1cccc2c1CCN2C(=O)N1CCCCCC1. The van der Waals surface area contributed by atoms with E-state index in [-0.39, 0.29) is 6.03 Å². The molecular weight excluding hydrogens is 238 g/mol. The van der Waals surface area contributed by atoms with E-state index in [1.165, 1.54) is 12.8 Å². The van der Waals surface area contributed by atoms with Crippen molar-refractivity contribution in [1.29, 1.82) is 0 Å². The summed E-state index contributed by atoms with van der Waals surface area (Å²) in [5.74, 6) is 0. The summed E-state index contributed by atoms with van der Waals surface area (Å²) in [4.78, 5) is 16.5. The first kappa shape index (κ1) is 12.3. The van der Waals surface area contributed by atoms with Crippen molar-refractivity contribution in [2.45, 2.75) is 32.1 Å². The molecule has 102 valence electrons. The van der Waals surface area contributed by atoms with Crippen molar-refractivity contribution in [3.8, 4) is 0 Å². The van der Waals surface area contributed by atoms with E-state index in [1.54, 1.807) is 0 Å². The average molecular weight is 259 g/mol. The second-order valence-electron chi connectivity index (χ2n) is 5.43. The van der Waals surface area contributed by atoms with Crippen LogP contribution in [0, 0.1) is 0 Å². The molecule has 3 rings (SSSR count). The van der Waals surface area contributed by atoms with Gasteiger partial charge < -0.3 is 10.6 Å². The van der Waals surface area contributed by atoms with Gasteiger partial charge in [-0.25, -0.2) is 4.79 Å². The minimum Gasteiger partial charge on any atom is -0.398 e. The Morgan fingerprint density at radius 2 is 1.79 bits per heavy atom. The van der Waals surface area contributed by atoms with Gasteiger partial charge in [-0.3, -0.25) is 4.90 Å². The predicted molar refractivity (Wildman–Crippen MR) is 77.3 cm³/mol. The van der Waals surface area contributed by atoms with Gasteiger partial charge in [-0.15, -0.1) is 0 Å². The van der Waals surface area contributed by atoms with Crippen LogP contribution in [0.25, 0.3) is 0 Å². The van der Waals surface area contributed by atoms with E-state index < -0.39 is 0 Å². The van der Waals surface area contributed by atoms with E-state index in [0.717, 1.165) is 55.8 Å². The summed E-state index contributed by atoms with van der Waals surface area (Å²) >= 11 is 0. The normalized spacial score (nSPS) is 19.2. The Morgan fingerprint density at radius 3 is 2.53 bits per heavy atom. The van der Waals surface area contributed by atoms with E-state index in [9.17, 15) is 4.79 Å². The van der Waals surface area contributed by atoms with Gasteiger partial charge >= 0.3 is 6.03 Å².